The zero-order valence-corrected chi connectivity index (χ0v) is 11.3. The Hall–Kier alpha value is -2.02. The van der Waals surface area contributed by atoms with E-state index in [9.17, 15) is 4.79 Å². The van der Waals surface area contributed by atoms with E-state index >= 15 is 0 Å². The minimum atomic E-state index is 0.154. The molecule has 0 aliphatic rings. The van der Waals surface area contributed by atoms with Crippen LogP contribution in [-0.4, -0.2) is 37.6 Å². The molecule has 0 aliphatic carbocycles. The molecular weight excluding hydrogens is 268 g/mol. The van der Waals surface area contributed by atoms with Crippen molar-refractivity contribution in [1.29, 1.82) is 0 Å². The van der Waals surface area contributed by atoms with Crippen molar-refractivity contribution in [3.63, 3.8) is 0 Å². The van der Waals surface area contributed by atoms with Gasteiger partial charge in [-0.25, -0.2) is 15.0 Å². The summed E-state index contributed by atoms with van der Waals surface area (Å²) in [6, 6.07) is 0. The van der Waals surface area contributed by atoms with E-state index in [0.717, 1.165) is 5.82 Å². The normalized spacial score (nSPS) is 10.5. The molecule has 2 aromatic rings. The van der Waals surface area contributed by atoms with Gasteiger partial charge in [0.25, 0.3) is 0 Å². The topological polar surface area (TPSA) is 85.6 Å². The molecule has 0 fully saturated rings. The summed E-state index contributed by atoms with van der Waals surface area (Å²) in [5.74, 6) is 1.66. The molecule has 0 radical (unpaired) electrons. The Morgan fingerprint density at radius 2 is 2.26 bits per heavy atom. The third-order valence-corrected chi connectivity index (χ3v) is 2.70. The number of aryl methyl sites for hydroxylation is 2. The van der Waals surface area contributed by atoms with Crippen molar-refractivity contribution < 1.29 is 4.79 Å². The van der Waals surface area contributed by atoms with Gasteiger partial charge in [0.1, 0.15) is 23.1 Å². The smallest absolute Gasteiger partial charge is 0.156 e. The zero-order chi connectivity index (χ0) is 13.8. The number of aromatic nitrogens is 5. The highest BCUT2D eigenvalue weighted by Gasteiger charge is 2.10. The Bertz CT molecular complexity index is 597. The minimum Gasteiger partial charge on any atom is -0.369 e. The van der Waals surface area contributed by atoms with E-state index in [2.05, 4.69) is 25.4 Å². The third kappa shape index (κ3) is 3.25. The predicted molar refractivity (Wildman–Crippen MR) is 70.4 cm³/mol. The first-order valence-corrected chi connectivity index (χ1v) is 6.05. The van der Waals surface area contributed by atoms with E-state index in [0.29, 0.717) is 30.9 Å². The van der Waals surface area contributed by atoms with Crippen LogP contribution in [0.4, 0.5) is 5.82 Å². The Balaban J connectivity index is 2.05. The quantitative estimate of drug-likeness (QED) is 0.650. The number of nitrogens with one attached hydrogen (secondary N) is 1. The van der Waals surface area contributed by atoms with Crippen LogP contribution >= 0.6 is 11.6 Å². The van der Waals surface area contributed by atoms with Gasteiger partial charge in [0, 0.05) is 20.0 Å². The lowest BCUT2D eigenvalue weighted by Gasteiger charge is -2.08. The van der Waals surface area contributed by atoms with E-state index in [1.54, 1.807) is 17.9 Å². The maximum atomic E-state index is 11.0. The SMILES string of the molecule is Cc1nc(Cl)c(C=O)c(NCCc2ncn(C)n2)n1. The Labute approximate surface area is 115 Å². The van der Waals surface area contributed by atoms with Gasteiger partial charge in [0.15, 0.2) is 12.1 Å². The van der Waals surface area contributed by atoms with E-state index in [1.165, 1.54) is 0 Å². The molecule has 2 rings (SSSR count). The third-order valence-electron chi connectivity index (χ3n) is 2.42. The number of aldehydes is 1. The van der Waals surface area contributed by atoms with Crippen molar-refractivity contribution in [2.45, 2.75) is 13.3 Å². The lowest BCUT2D eigenvalue weighted by Crippen LogP contribution is -2.11. The average Bonchev–Trinajstić information content (AvgIpc) is 2.74. The highest BCUT2D eigenvalue weighted by molar-refractivity contribution is 6.32. The molecule has 0 aliphatic heterocycles. The van der Waals surface area contributed by atoms with Gasteiger partial charge in [-0.1, -0.05) is 11.6 Å². The van der Waals surface area contributed by atoms with E-state index in [4.69, 9.17) is 11.6 Å². The largest absolute Gasteiger partial charge is 0.369 e. The van der Waals surface area contributed by atoms with Gasteiger partial charge < -0.3 is 5.32 Å². The molecule has 2 aromatic heterocycles. The Kier molecular flexibility index (Phi) is 4.06. The van der Waals surface area contributed by atoms with Crippen LogP contribution in [0.1, 0.15) is 22.0 Å². The fourth-order valence-corrected chi connectivity index (χ4v) is 1.83. The number of hydrogen-bond acceptors (Lipinski definition) is 6. The Morgan fingerprint density at radius 1 is 1.47 bits per heavy atom. The average molecular weight is 281 g/mol. The minimum absolute atomic E-state index is 0.154. The molecule has 0 spiro atoms. The summed E-state index contributed by atoms with van der Waals surface area (Å²) in [5, 5.41) is 7.36. The summed E-state index contributed by atoms with van der Waals surface area (Å²) in [5.41, 5.74) is 0.265. The Morgan fingerprint density at radius 3 is 2.89 bits per heavy atom. The predicted octanol–water partition coefficient (Wildman–Crippen LogP) is 1.03. The van der Waals surface area contributed by atoms with Gasteiger partial charge in [-0.15, -0.1) is 0 Å². The number of carbonyl (C=O) groups excluding carboxylic acids is 1. The van der Waals surface area contributed by atoms with Crippen LogP contribution in [0.2, 0.25) is 5.15 Å². The van der Waals surface area contributed by atoms with Crippen LogP contribution in [-0.2, 0) is 13.5 Å². The molecule has 0 aromatic carbocycles. The van der Waals surface area contributed by atoms with Gasteiger partial charge in [-0.2, -0.15) is 5.10 Å². The molecule has 0 bridgehead atoms. The second-order valence-corrected chi connectivity index (χ2v) is 4.31. The van der Waals surface area contributed by atoms with E-state index < -0.39 is 0 Å². The maximum Gasteiger partial charge on any atom is 0.156 e. The van der Waals surface area contributed by atoms with E-state index in [-0.39, 0.29) is 10.7 Å². The number of carbonyl (C=O) groups is 1. The molecule has 2 heterocycles. The van der Waals surface area contributed by atoms with Crippen molar-refractivity contribution in [2.24, 2.45) is 7.05 Å². The van der Waals surface area contributed by atoms with Crippen molar-refractivity contribution in [2.75, 3.05) is 11.9 Å². The van der Waals surface area contributed by atoms with Crippen molar-refractivity contribution in [3.05, 3.63) is 28.7 Å². The first-order chi connectivity index (χ1) is 9.10. The van der Waals surface area contributed by atoms with Crippen LogP contribution in [0.25, 0.3) is 0 Å². The summed E-state index contributed by atoms with van der Waals surface area (Å²) >= 11 is 5.88. The first-order valence-electron chi connectivity index (χ1n) is 5.68. The molecule has 0 amide bonds. The lowest BCUT2D eigenvalue weighted by molar-refractivity contribution is 0.112. The zero-order valence-electron chi connectivity index (χ0n) is 10.6. The van der Waals surface area contributed by atoms with Crippen LogP contribution < -0.4 is 5.32 Å². The second kappa shape index (κ2) is 5.75. The summed E-state index contributed by atoms with van der Waals surface area (Å²) in [4.78, 5) is 23.2. The summed E-state index contributed by atoms with van der Waals surface area (Å²) in [6.07, 6.45) is 2.90. The maximum absolute atomic E-state index is 11.0. The lowest BCUT2D eigenvalue weighted by atomic mass is 10.3. The molecule has 0 atom stereocenters. The molecule has 19 heavy (non-hydrogen) atoms. The first kappa shape index (κ1) is 13.4. The number of halogens is 1. The number of nitrogens with zero attached hydrogens (tertiary/aromatic N) is 5. The molecule has 0 saturated heterocycles. The van der Waals surface area contributed by atoms with Crippen LogP contribution in [0.5, 0.6) is 0 Å². The molecule has 0 unspecified atom stereocenters. The van der Waals surface area contributed by atoms with Crippen LogP contribution in [0.3, 0.4) is 0 Å². The number of rotatable bonds is 5. The van der Waals surface area contributed by atoms with Crippen molar-refractivity contribution >= 4 is 23.7 Å². The summed E-state index contributed by atoms with van der Waals surface area (Å²) < 4.78 is 1.64. The summed E-state index contributed by atoms with van der Waals surface area (Å²) in [6.45, 7) is 2.27. The fraction of sp³-hybridized carbons (Fsp3) is 0.364. The van der Waals surface area contributed by atoms with Crippen molar-refractivity contribution in [1.82, 2.24) is 24.7 Å². The monoisotopic (exact) mass is 280 g/mol. The molecular formula is C11H13ClN6O. The molecule has 100 valence electrons. The van der Waals surface area contributed by atoms with E-state index in [1.807, 2.05) is 7.05 Å². The van der Waals surface area contributed by atoms with Gasteiger partial charge in [0.05, 0.1) is 5.56 Å². The van der Waals surface area contributed by atoms with Crippen molar-refractivity contribution in [3.8, 4) is 0 Å². The highest BCUT2D eigenvalue weighted by atomic mass is 35.5. The number of hydrogen-bond donors (Lipinski definition) is 1. The molecule has 0 saturated carbocycles. The van der Waals surface area contributed by atoms with Gasteiger partial charge in [0.2, 0.25) is 0 Å². The van der Waals surface area contributed by atoms with Gasteiger partial charge in [-0.3, -0.25) is 9.48 Å². The second-order valence-electron chi connectivity index (χ2n) is 3.95. The summed E-state index contributed by atoms with van der Waals surface area (Å²) in [7, 11) is 1.81. The standard InChI is InChI=1S/C11H13ClN6O/c1-7-15-10(12)8(5-19)11(16-7)13-4-3-9-14-6-18(2)17-9/h5-6H,3-4H2,1-2H3,(H,13,15,16). The molecule has 8 heteroatoms. The highest BCUT2D eigenvalue weighted by Crippen LogP contribution is 2.18. The van der Waals surface area contributed by atoms with Crippen LogP contribution in [0.15, 0.2) is 6.33 Å². The fourth-order valence-electron chi connectivity index (χ4n) is 1.58. The van der Waals surface area contributed by atoms with Crippen LogP contribution in [0, 0.1) is 6.92 Å². The molecule has 1 N–H and O–H groups in total. The van der Waals surface area contributed by atoms with Gasteiger partial charge in [-0.05, 0) is 6.92 Å². The molecule has 7 nitrogen and oxygen atoms in total. The van der Waals surface area contributed by atoms with Gasteiger partial charge >= 0.3 is 0 Å². The number of anilines is 1.